The molecule has 142 valence electrons. The number of hydrogen-bond acceptors (Lipinski definition) is 3. The van der Waals surface area contributed by atoms with Crippen molar-refractivity contribution in [3.05, 3.63) is 96.1 Å². The summed E-state index contributed by atoms with van der Waals surface area (Å²) in [6.45, 7) is 1.79. The summed E-state index contributed by atoms with van der Waals surface area (Å²) in [5.74, 6) is 0.911. The molecule has 0 bridgehead atoms. The van der Waals surface area contributed by atoms with Crippen molar-refractivity contribution in [3.63, 3.8) is 0 Å². The van der Waals surface area contributed by atoms with E-state index in [1.807, 2.05) is 66.7 Å². The van der Waals surface area contributed by atoms with Crippen LogP contribution in [0.3, 0.4) is 0 Å². The van der Waals surface area contributed by atoms with Gasteiger partial charge in [0.05, 0.1) is 18.2 Å². The van der Waals surface area contributed by atoms with Crippen molar-refractivity contribution < 1.29 is 9.53 Å². The number of fused-ring (bicyclic) bond motifs is 1. The molecule has 0 aliphatic carbocycles. The van der Waals surface area contributed by atoms with Gasteiger partial charge < -0.3 is 15.0 Å². The number of benzene rings is 3. The average molecular weight is 372 g/mol. The molecule has 1 heterocycles. The SMILES string of the molecule is O=C(C[C@@H]1COc2ccccc2N1Cc1ccccc1)NCc1ccccc1. The predicted molar refractivity (Wildman–Crippen MR) is 111 cm³/mol. The van der Waals surface area contributed by atoms with Gasteiger partial charge in [-0.15, -0.1) is 0 Å². The van der Waals surface area contributed by atoms with E-state index in [1.165, 1.54) is 5.56 Å². The predicted octanol–water partition coefficient (Wildman–Crippen LogP) is 4.16. The summed E-state index contributed by atoms with van der Waals surface area (Å²) in [5.41, 5.74) is 3.36. The van der Waals surface area contributed by atoms with Crippen LogP contribution in [0.1, 0.15) is 17.5 Å². The molecule has 0 spiro atoms. The molecule has 0 saturated carbocycles. The summed E-state index contributed by atoms with van der Waals surface area (Å²) < 4.78 is 5.95. The summed E-state index contributed by atoms with van der Waals surface area (Å²) >= 11 is 0. The van der Waals surface area contributed by atoms with Gasteiger partial charge in [0, 0.05) is 13.1 Å². The van der Waals surface area contributed by atoms with E-state index in [-0.39, 0.29) is 11.9 Å². The molecule has 1 aliphatic rings. The number of amides is 1. The summed E-state index contributed by atoms with van der Waals surface area (Å²) in [6.07, 6.45) is 0.397. The van der Waals surface area contributed by atoms with E-state index in [4.69, 9.17) is 4.74 Å². The van der Waals surface area contributed by atoms with Crippen LogP contribution in [0.15, 0.2) is 84.9 Å². The van der Waals surface area contributed by atoms with Gasteiger partial charge in [0.15, 0.2) is 0 Å². The van der Waals surface area contributed by atoms with Gasteiger partial charge in [-0.2, -0.15) is 0 Å². The number of nitrogens with one attached hydrogen (secondary N) is 1. The van der Waals surface area contributed by atoms with E-state index in [0.29, 0.717) is 19.6 Å². The van der Waals surface area contributed by atoms with Crippen LogP contribution < -0.4 is 15.0 Å². The maximum atomic E-state index is 12.6. The first-order valence-corrected chi connectivity index (χ1v) is 9.62. The smallest absolute Gasteiger partial charge is 0.222 e. The quantitative estimate of drug-likeness (QED) is 0.706. The van der Waals surface area contributed by atoms with Crippen molar-refractivity contribution in [1.82, 2.24) is 5.32 Å². The van der Waals surface area contributed by atoms with Gasteiger partial charge in [-0.05, 0) is 23.3 Å². The van der Waals surface area contributed by atoms with E-state index in [9.17, 15) is 4.79 Å². The normalized spacial score (nSPS) is 15.4. The molecule has 3 aromatic carbocycles. The lowest BCUT2D eigenvalue weighted by molar-refractivity contribution is -0.121. The summed E-state index contributed by atoms with van der Waals surface area (Å²) in [5, 5.41) is 3.03. The van der Waals surface area contributed by atoms with Crippen molar-refractivity contribution in [2.45, 2.75) is 25.6 Å². The van der Waals surface area contributed by atoms with Crippen LogP contribution in [0.4, 0.5) is 5.69 Å². The van der Waals surface area contributed by atoms with Crippen LogP contribution in [0, 0.1) is 0 Å². The first kappa shape index (κ1) is 18.1. The fourth-order valence-corrected chi connectivity index (χ4v) is 3.54. The molecule has 4 rings (SSSR count). The van der Waals surface area contributed by atoms with Gasteiger partial charge in [0.2, 0.25) is 5.91 Å². The van der Waals surface area contributed by atoms with Crippen molar-refractivity contribution in [2.24, 2.45) is 0 Å². The molecule has 0 radical (unpaired) electrons. The summed E-state index contributed by atoms with van der Waals surface area (Å²) in [4.78, 5) is 14.9. The van der Waals surface area contributed by atoms with E-state index in [2.05, 4.69) is 28.4 Å². The Morgan fingerprint density at radius 3 is 2.29 bits per heavy atom. The fraction of sp³-hybridized carbons (Fsp3) is 0.208. The van der Waals surface area contributed by atoms with Crippen LogP contribution in [-0.2, 0) is 17.9 Å². The van der Waals surface area contributed by atoms with Crippen molar-refractivity contribution >= 4 is 11.6 Å². The molecular weight excluding hydrogens is 348 g/mol. The molecule has 28 heavy (non-hydrogen) atoms. The first-order valence-electron chi connectivity index (χ1n) is 9.62. The highest BCUT2D eigenvalue weighted by molar-refractivity contribution is 5.77. The Labute approximate surface area is 165 Å². The van der Waals surface area contributed by atoms with Crippen molar-refractivity contribution in [3.8, 4) is 5.75 Å². The maximum absolute atomic E-state index is 12.6. The zero-order valence-electron chi connectivity index (χ0n) is 15.8. The lowest BCUT2D eigenvalue weighted by Crippen LogP contribution is -2.45. The van der Waals surface area contributed by atoms with Gasteiger partial charge in [0.1, 0.15) is 12.4 Å². The zero-order chi connectivity index (χ0) is 19.2. The highest BCUT2D eigenvalue weighted by atomic mass is 16.5. The van der Waals surface area contributed by atoms with E-state index in [1.54, 1.807) is 0 Å². The van der Waals surface area contributed by atoms with Crippen molar-refractivity contribution in [2.75, 3.05) is 11.5 Å². The van der Waals surface area contributed by atoms with E-state index >= 15 is 0 Å². The van der Waals surface area contributed by atoms with Gasteiger partial charge in [-0.25, -0.2) is 0 Å². The number of carbonyl (C=O) groups is 1. The number of rotatable bonds is 6. The summed E-state index contributed by atoms with van der Waals surface area (Å²) in [6, 6.07) is 28.3. The molecule has 1 amide bonds. The molecule has 1 aliphatic heterocycles. The standard InChI is InChI=1S/C24H24N2O2/c27-24(25-16-19-9-3-1-4-10-19)15-21-18-28-23-14-8-7-13-22(23)26(21)17-20-11-5-2-6-12-20/h1-14,21H,15-18H2,(H,25,27)/t21-/m1/s1. The van der Waals surface area contributed by atoms with Gasteiger partial charge >= 0.3 is 0 Å². The highest BCUT2D eigenvalue weighted by Gasteiger charge is 2.29. The first-order chi connectivity index (χ1) is 13.8. The minimum Gasteiger partial charge on any atom is -0.489 e. The topological polar surface area (TPSA) is 41.6 Å². The number of ether oxygens (including phenoxy) is 1. The third-order valence-electron chi connectivity index (χ3n) is 5.00. The second kappa shape index (κ2) is 8.61. The van der Waals surface area contributed by atoms with Crippen LogP contribution >= 0.6 is 0 Å². The minimum atomic E-state index is -0.00844. The maximum Gasteiger partial charge on any atom is 0.222 e. The van der Waals surface area contributed by atoms with Crippen LogP contribution in [0.2, 0.25) is 0 Å². The van der Waals surface area contributed by atoms with Gasteiger partial charge in [0.25, 0.3) is 0 Å². The molecule has 1 atom stereocenters. The Hall–Kier alpha value is -3.27. The largest absolute Gasteiger partial charge is 0.489 e. The Bertz CT molecular complexity index is 912. The molecule has 1 N–H and O–H groups in total. The number of para-hydroxylation sites is 2. The second-order valence-electron chi connectivity index (χ2n) is 7.01. The lowest BCUT2D eigenvalue weighted by Gasteiger charge is -2.38. The fourth-order valence-electron chi connectivity index (χ4n) is 3.54. The third kappa shape index (κ3) is 4.34. The van der Waals surface area contributed by atoms with Crippen LogP contribution in [-0.4, -0.2) is 18.6 Å². The third-order valence-corrected chi connectivity index (χ3v) is 5.00. The Morgan fingerprint density at radius 1 is 0.893 bits per heavy atom. The highest BCUT2D eigenvalue weighted by Crippen LogP contribution is 2.35. The lowest BCUT2D eigenvalue weighted by atomic mass is 10.1. The monoisotopic (exact) mass is 372 g/mol. The molecule has 0 saturated heterocycles. The number of anilines is 1. The minimum absolute atomic E-state index is 0.00844. The Balaban J connectivity index is 1.47. The Morgan fingerprint density at radius 2 is 1.54 bits per heavy atom. The van der Waals surface area contributed by atoms with Crippen molar-refractivity contribution in [1.29, 1.82) is 0 Å². The second-order valence-corrected chi connectivity index (χ2v) is 7.01. The van der Waals surface area contributed by atoms with E-state index in [0.717, 1.165) is 23.5 Å². The Kier molecular flexibility index (Phi) is 5.57. The van der Waals surface area contributed by atoms with E-state index < -0.39 is 0 Å². The number of hydrogen-bond donors (Lipinski definition) is 1. The van der Waals surface area contributed by atoms with Crippen LogP contribution in [0.5, 0.6) is 5.75 Å². The molecular formula is C24H24N2O2. The number of carbonyl (C=O) groups excluding carboxylic acids is 1. The molecule has 0 fully saturated rings. The molecule has 4 heteroatoms. The zero-order valence-corrected chi connectivity index (χ0v) is 15.8. The average Bonchev–Trinajstić information content (AvgIpc) is 2.75. The molecule has 0 aromatic heterocycles. The number of nitrogens with zero attached hydrogens (tertiary/aromatic N) is 1. The van der Waals surface area contributed by atoms with Gasteiger partial charge in [-0.3, -0.25) is 4.79 Å². The summed E-state index contributed by atoms with van der Waals surface area (Å²) in [7, 11) is 0. The van der Waals surface area contributed by atoms with Crippen LogP contribution in [0.25, 0.3) is 0 Å². The van der Waals surface area contributed by atoms with Gasteiger partial charge in [-0.1, -0.05) is 72.8 Å². The molecule has 3 aromatic rings. The molecule has 0 unspecified atom stereocenters. The molecule has 4 nitrogen and oxygen atoms in total.